The lowest BCUT2D eigenvalue weighted by Gasteiger charge is -2.23. The smallest absolute Gasteiger partial charge is 0.314 e. The molecule has 0 aromatic heterocycles. The highest BCUT2D eigenvalue weighted by molar-refractivity contribution is 5.74. The maximum Gasteiger partial charge on any atom is 0.314 e. The number of aliphatic carboxylic acids is 1. The minimum absolute atomic E-state index is 0.312. The van der Waals surface area contributed by atoms with Crippen LogP contribution in [0.4, 0.5) is 4.79 Å². The summed E-state index contributed by atoms with van der Waals surface area (Å²) in [6.45, 7) is 6.06. The second kappa shape index (κ2) is 7.11. The summed E-state index contributed by atoms with van der Waals surface area (Å²) in [5.41, 5.74) is -0.411. The van der Waals surface area contributed by atoms with Gasteiger partial charge in [0.05, 0.1) is 11.5 Å². The first-order chi connectivity index (χ1) is 7.78. The molecule has 0 saturated heterocycles. The maximum absolute atomic E-state index is 11.3. The van der Waals surface area contributed by atoms with E-state index in [-0.39, 0.29) is 6.03 Å². The number of carboxylic acids is 1. The molecule has 6 heteroatoms. The summed E-state index contributed by atoms with van der Waals surface area (Å²) >= 11 is 0. The average Bonchev–Trinajstić information content (AvgIpc) is 2.26. The molecule has 0 spiro atoms. The molecule has 0 radical (unpaired) electrons. The number of nitrogens with one attached hydrogen (secondary N) is 2. The molecule has 0 aliphatic rings. The van der Waals surface area contributed by atoms with Crippen molar-refractivity contribution in [2.45, 2.75) is 32.8 Å². The van der Waals surface area contributed by atoms with Crippen LogP contribution in [0.3, 0.4) is 0 Å². The predicted octanol–water partition coefficient (Wildman–Crippen LogP) is 0.821. The van der Waals surface area contributed by atoms with E-state index in [1.165, 1.54) is 0 Å². The van der Waals surface area contributed by atoms with Crippen molar-refractivity contribution in [3.63, 3.8) is 0 Å². The number of carboxylic acid groups (broad SMARTS) is 1. The molecule has 3 N–H and O–H groups in total. The highest BCUT2D eigenvalue weighted by Gasteiger charge is 2.17. The van der Waals surface area contributed by atoms with Crippen molar-refractivity contribution >= 4 is 12.0 Å². The number of hydrogen-bond donors (Lipinski definition) is 3. The van der Waals surface area contributed by atoms with Crippen molar-refractivity contribution in [2.24, 2.45) is 5.92 Å². The van der Waals surface area contributed by atoms with Gasteiger partial charge >= 0.3 is 12.0 Å². The van der Waals surface area contributed by atoms with E-state index in [9.17, 15) is 9.59 Å². The minimum Gasteiger partial charge on any atom is -0.481 e. The van der Waals surface area contributed by atoms with Crippen LogP contribution in [0.1, 0.15) is 27.2 Å². The molecule has 1 atom stereocenters. The predicted molar refractivity (Wildman–Crippen MR) is 63.9 cm³/mol. The van der Waals surface area contributed by atoms with Gasteiger partial charge in [0.2, 0.25) is 0 Å². The largest absolute Gasteiger partial charge is 0.481 e. The monoisotopic (exact) mass is 246 g/mol. The summed E-state index contributed by atoms with van der Waals surface area (Å²) in [5.74, 6) is -1.31. The van der Waals surface area contributed by atoms with E-state index in [2.05, 4.69) is 10.6 Å². The Bertz CT molecular complexity index is 266. The maximum atomic E-state index is 11.3. The Balaban J connectivity index is 3.71. The molecule has 0 aliphatic heterocycles. The van der Waals surface area contributed by atoms with Gasteiger partial charge in [-0.3, -0.25) is 4.79 Å². The number of carbonyl (C=O) groups excluding carboxylic acids is 1. The molecular formula is C11H22N2O4. The van der Waals surface area contributed by atoms with Gasteiger partial charge in [-0.15, -0.1) is 0 Å². The lowest BCUT2D eigenvalue weighted by atomic mass is 10.1. The van der Waals surface area contributed by atoms with E-state index in [1.807, 2.05) is 13.8 Å². The molecule has 0 fully saturated rings. The Hall–Kier alpha value is -1.30. The summed E-state index contributed by atoms with van der Waals surface area (Å²) in [7, 11) is 1.58. The van der Waals surface area contributed by atoms with Crippen LogP contribution in [0.25, 0.3) is 0 Å². The van der Waals surface area contributed by atoms with Crippen LogP contribution in [0, 0.1) is 5.92 Å². The van der Waals surface area contributed by atoms with E-state index in [4.69, 9.17) is 9.84 Å². The third-order valence-corrected chi connectivity index (χ3v) is 2.51. The fourth-order valence-corrected chi connectivity index (χ4v) is 0.953. The van der Waals surface area contributed by atoms with E-state index in [0.29, 0.717) is 19.5 Å². The molecule has 0 saturated carbocycles. The van der Waals surface area contributed by atoms with E-state index in [0.717, 1.165) is 0 Å². The Morgan fingerprint density at radius 2 is 1.94 bits per heavy atom. The summed E-state index contributed by atoms with van der Waals surface area (Å²) in [5, 5.41) is 13.9. The van der Waals surface area contributed by atoms with E-state index in [1.54, 1.807) is 14.0 Å². The quantitative estimate of drug-likeness (QED) is 0.620. The molecule has 0 heterocycles. The van der Waals surface area contributed by atoms with Crippen LogP contribution in [-0.2, 0) is 9.53 Å². The Kier molecular flexibility index (Phi) is 6.57. The van der Waals surface area contributed by atoms with Gasteiger partial charge in [-0.1, -0.05) is 6.92 Å². The number of hydrogen-bond acceptors (Lipinski definition) is 3. The zero-order chi connectivity index (χ0) is 13.5. The number of carbonyl (C=O) groups is 2. The van der Waals surface area contributed by atoms with Gasteiger partial charge in [-0.25, -0.2) is 4.79 Å². The number of urea groups is 1. The zero-order valence-corrected chi connectivity index (χ0v) is 10.9. The van der Waals surface area contributed by atoms with E-state index >= 15 is 0 Å². The summed E-state index contributed by atoms with van der Waals surface area (Å²) in [6.07, 6.45) is 0.413. The summed E-state index contributed by atoms with van der Waals surface area (Å²) < 4.78 is 5.14. The summed E-state index contributed by atoms with van der Waals surface area (Å²) in [6, 6.07) is -0.312. The lowest BCUT2D eigenvalue weighted by molar-refractivity contribution is -0.141. The van der Waals surface area contributed by atoms with Gasteiger partial charge in [-0.05, 0) is 20.3 Å². The lowest BCUT2D eigenvalue weighted by Crippen LogP contribution is -2.44. The van der Waals surface area contributed by atoms with Crippen molar-refractivity contribution in [3.8, 4) is 0 Å². The van der Waals surface area contributed by atoms with Gasteiger partial charge in [0.25, 0.3) is 0 Å². The van der Waals surface area contributed by atoms with Crippen LogP contribution in [-0.4, -0.2) is 42.9 Å². The van der Waals surface area contributed by atoms with Crippen LogP contribution >= 0.6 is 0 Å². The fraction of sp³-hybridized carbons (Fsp3) is 0.818. The molecule has 0 aromatic carbocycles. The van der Waals surface area contributed by atoms with Gasteiger partial charge in [-0.2, -0.15) is 0 Å². The molecule has 17 heavy (non-hydrogen) atoms. The number of ether oxygens (including phenoxy) is 1. The zero-order valence-electron chi connectivity index (χ0n) is 10.9. The summed E-state index contributed by atoms with van der Waals surface area (Å²) in [4.78, 5) is 21.9. The molecule has 0 rings (SSSR count). The Morgan fingerprint density at radius 3 is 2.41 bits per heavy atom. The number of methoxy groups -OCH3 is 1. The van der Waals surface area contributed by atoms with Crippen LogP contribution in [0.5, 0.6) is 0 Å². The topological polar surface area (TPSA) is 87.7 Å². The number of amides is 2. The molecule has 0 aromatic rings. The van der Waals surface area contributed by atoms with Crippen molar-refractivity contribution in [3.05, 3.63) is 0 Å². The van der Waals surface area contributed by atoms with Crippen LogP contribution in [0.15, 0.2) is 0 Å². The molecule has 0 aliphatic carbocycles. The fourth-order valence-electron chi connectivity index (χ4n) is 0.953. The molecule has 2 amide bonds. The van der Waals surface area contributed by atoms with Gasteiger partial charge < -0.3 is 20.5 Å². The molecule has 0 bridgehead atoms. The Labute approximate surface area is 102 Å². The highest BCUT2D eigenvalue weighted by Crippen LogP contribution is 2.04. The van der Waals surface area contributed by atoms with Crippen LogP contribution < -0.4 is 10.6 Å². The Morgan fingerprint density at radius 1 is 1.35 bits per heavy atom. The third-order valence-electron chi connectivity index (χ3n) is 2.51. The first-order valence-electron chi connectivity index (χ1n) is 5.58. The molecule has 100 valence electrons. The van der Waals surface area contributed by atoms with Crippen molar-refractivity contribution in [1.82, 2.24) is 10.6 Å². The van der Waals surface area contributed by atoms with Crippen molar-refractivity contribution in [2.75, 3.05) is 20.2 Å². The first-order valence-corrected chi connectivity index (χ1v) is 5.58. The second-order valence-corrected chi connectivity index (χ2v) is 4.60. The first kappa shape index (κ1) is 15.7. The normalized spacial score (nSPS) is 12.9. The highest BCUT2D eigenvalue weighted by atomic mass is 16.5. The van der Waals surface area contributed by atoms with Gasteiger partial charge in [0.1, 0.15) is 0 Å². The van der Waals surface area contributed by atoms with Crippen molar-refractivity contribution in [1.29, 1.82) is 0 Å². The molecule has 6 nitrogen and oxygen atoms in total. The minimum atomic E-state index is -0.854. The third kappa shape index (κ3) is 7.57. The average molecular weight is 246 g/mol. The van der Waals surface area contributed by atoms with Gasteiger partial charge in [0.15, 0.2) is 0 Å². The van der Waals surface area contributed by atoms with Gasteiger partial charge in [0, 0.05) is 20.2 Å². The second-order valence-electron chi connectivity index (χ2n) is 4.60. The SMILES string of the molecule is COC(C)(C)CNC(=O)NCCC(C)C(=O)O. The molecular weight excluding hydrogens is 224 g/mol. The number of rotatable bonds is 7. The molecule has 1 unspecified atom stereocenters. The van der Waals surface area contributed by atoms with Crippen LogP contribution in [0.2, 0.25) is 0 Å². The van der Waals surface area contributed by atoms with E-state index < -0.39 is 17.5 Å². The standard InChI is InChI=1S/C11H22N2O4/c1-8(9(14)15)5-6-12-10(16)13-7-11(2,3)17-4/h8H,5-7H2,1-4H3,(H,14,15)(H2,12,13,16). The van der Waals surface area contributed by atoms with Crippen molar-refractivity contribution < 1.29 is 19.4 Å².